The fourth-order valence-electron chi connectivity index (χ4n) is 3.18. The molecule has 0 spiro atoms. The number of amides is 1. The number of hydrogen-bond donors (Lipinski definition) is 0. The van der Waals surface area contributed by atoms with Crippen LogP contribution in [0.1, 0.15) is 32.6 Å². The minimum Gasteiger partial charge on any atom is -0.394 e. The van der Waals surface area contributed by atoms with Crippen molar-refractivity contribution in [1.29, 1.82) is 5.26 Å². The van der Waals surface area contributed by atoms with Crippen molar-refractivity contribution in [2.24, 2.45) is 0 Å². The van der Waals surface area contributed by atoms with E-state index in [4.69, 9.17) is 0 Å². The van der Waals surface area contributed by atoms with E-state index in [0.717, 1.165) is 5.69 Å². The molecule has 1 heterocycles. The van der Waals surface area contributed by atoms with Gasteiger partial charge in [0.15, 0.2) is 23.0 Å². The summed E-state index contributed by atoms with van der Waals surface area (Å²) in [5.41, 5.74) is -0.0767. The number of nitrogens with zero attached hydrogens (tertiary/aromatic N) is 3. The number of carbonyl (C=O) groups excluding carboxylic acids is 2. The summed E-state index contributed by atoms with van der Waals surface area (Å²) in [5, 5.41) is 9.92. The molecule has 7 heteroatoms. The summed E-state index contributed by atoms with van der Waals surface area (Å²) in [6.45, 7) is 3.76. The zero-order valence-electron chi connectivity index (χ0n) is 14.3. The number of hydrogen-bond acceptors (Lipinski definition) is 5. The molecule has 0 bridgehead atoms. The number of piperidine rings is 1. The van der Waals surface area contributed by atoms with Gasteiger partial charge in [-0.05, 0) is 25.0 Å². The lowest BCUT2D eigenvalue weighted by Gasteiger charge is -2.44. The largest absolute Gasteiger partial charge is 0.394 e. The van der Waals surface area contributed by atoms with E-state index in [9.17, 15) is 14.9 Å². The van der Waals surface area contributed by atoms with Gasteiger partial charge in [-0.25, -0.2) is 0 Å². The van der Waals surface area contributed by atoms with Gasteiger partial charge < -0.3 is 7.97 Å². The van der Waals surface area contributed by atoms with E-state index in [0.29, 0.717) is 45.3 Å². The molecule has 1 aromatic rings. The lowest BCUT2D eigenvalue weighted by atomic mass is 9.86. The summed E-state index contributed by atoms with van der Waals surface area (Å²) >= 11 is 1.59. The first kappa shape index (κ1) is 19.7. The topological polar surface area (TPSA) is 73.6 Å². The molecule has 1 aliphatic heterocycles. The number of likely N-dealkylation sites (tertiary alicyclic amines) is 1. The highest BCUT2D eigenvalue weighted by molar-refractivity contribution is 14.1. The first-order chi connectivity index (χ1) is 12.1. The zero-order chi connectivity index (χ0) is 18.3. The van der Waals surface area contributed by atoms with Crippen LogP contribution in [0.3, 0.4) is 0 Å². The van der Waals surface area contributed by atoms with Crippen molar-refractivity contribution in [3.63, 3.8) is 0 Å². The van der Waals surface area contributed by atoms with Gasteiger partial charge in [0.05, 0.1) is 12.5 Å². The van der Waals surface area contributed by atoms with Gasteiger partial charge in [-0.3, -0.25) is 14.5 Å². The fourth-order valence-corrected chi connectivity index (χ4v) is 3.41. The van der Waals surface area contributed by atoms with Crippen LogP contribution < -0.4 is 4.90 Å². The van der Waals surface area contributed by atoms with E-state index in [1.165, 1.54) is 0 Å². The maximum atomic E-state index is 12.6. The summed E-state index contributed by atoms with van der Waals surface area (Å²) in [6.07, 6.45) is 1.80. The first-order valence-electron chi connectivity index (χ1n) is 8.39. The average Bonchev–Trinajstić information content (AvgIpc) is 2.67. The number of nitriles is 1. The number of anilines is 1. The van der Waals surface area contributed by atoms with E-state index in [1.807, 2.05) is 37.3 Å². The second kappa shape index (κ2) is 9.15. The number of para-hydroxylation sites is 1. The molecule has 1 saturated heterocycles. The molecular weight excluding hydrogens is 433 g/mol. The minimum absolute atomic E-state index is 0.0466. The Bertz CT molecular complexity index is 637. The third kappa shape index (κ3) is 4.70. The molecule has 6 nitrogen and oxygen atoms in total. The van der Waals surface area contributed by atoms with E-state index in [-0.39, 0.29) is 11.9 Å². The molecule has 0 N–H and O–H groups in total. The Hall–Kier alpha value is -1.66. The van der Waals surface area contributed by atoms with Gasteiger partial charge in [0, 0.05) is 31.7 Å². The SMILES string of the molecule is CCC(=O)N(c1ccccc1)C1(C#N)CCN(CCC(=O)OI)CC1. The smallest absolute Gasteiger partial charge is 0.316 e. The van der Waals surface area contributed by atoms with Gasteiger partial charge in [0.2, 0.25) is 5.91 Å². The second-order valence-electron chi connectivity index (χ2n) is 6.10. The molecule has 25 heavy (non-hydrogen) atoms. The highest BCUT2D eigenvalue weighted by Gasteiger charge is 2.43. The molecule has 1 amide bonds. The van der Waals surface area contributed by atoms with E-state index in [1.54, 1.807) is 27.9 Å². The van der Waals surface area contributed by atoms with Gasteiger partial charge in [0.25, 0.3) is 0 Å². The van der Waals surface area contributed by atoms with Crippen molar-refractivity contribution in [2.75, 3.05) is 24.5 Å². The maximum Gasteiger partial charge on any atom is 0.316 e. The number of rotatable bonds is 6. The fraction of sp³-hybridized carbons (Fsp3) is 0.500. The van der Waals surface area contributed by atoms with Crippen molar-refractivity contribution in [2.45, 2.75) is 38.1 Å². The Morgan fingerprint density at radius 2 is 1.96 bits per heavy atom. The van der Waals surface area contributed by atoms with Crippen LogP contribution in [0.2, 0.25) is 0 Å². The van der Waals surface area contributed by atoms with Crippen molar-refractivity contribution in [3.8, 4) is 6.07 Å². The second-order valence-corrected chi connectivity index (χ2v) is 6.54. The third-order valence-electron chi connectivity index (χ3n) is 4.60. The summed E-state index contributed by atoms with van der Waals surface area (Å²) in [5.74, 6) is -0.292. The molecule has 2 rings (SSSR count). The van der Waals surface area contributed by atoms with Crippen LogP contribution in [0.25, 0.3) is 0 Å². The Balaban J connectivity index is 2.15. The highest BCUT2D eigenvalue weighted by Crippen LogP contribution is 2.33. The van der Waals surface area contributed by atoms with Gasteiger partial charge >= 0.3 is 5.97 Å². The van der Waals surface area contributed by atoms with Crippen molar-refractivity contribution >= 4 is 40.6 Å². The van der Waals surface area contributed by atoms with E-state index < -0.39 is 5.54 Å². The Morgan fingerprint density at radius 3 is 2.48 bits per heavy atom. The molecule has 1 aromatic carbocycles. The quantitative estimate of drug-likeness (QED) is 0.617. The third-order valence-corrected chi connectivity index (χ3v) is 5.10. The standard InChI is InChI=1S/C18H22IN3O3/c1-2-16(23)22(15-6-4-3-5-7-15)18(14-20)9-12-21(13-10-18)11-8-17(24)25-19/h3-7H,2,8-13H2,1H3. The van der Waals surface area contributed by atoms with Gasteiger partial charge in [-0.15, -0.1) is 0 Å². The van der Waals surface area contributed by atoms with Gasteiger partial charge in [-0.2, -0.15) is 5.26 Å². The molecule has 0 saturated carbocycles. The predicted octanol–water partition coefficient (Wildman–Crippen LogP) is 3.07. The lowest BCUT2D eigenvalue weighted by Crippen LogP contribution is -2.57. The van der Waals surface area contributed by atoms with Crippen LogP contribution in [0.15, 0.2) is 30.3 Å². The van der Waals surface area contributed by atoms with Gasteiger partial charge in [0.1, 0.15) is 5.54 Å². The van der Waals surface area contributed by atoms with Crippen LogP contribution in [0.5, 0.6) is 0 Å². The highest BCUT2D eigenvalue weighted by atomic mass is 127. The molecule has 134 valence electrons. The Labute approximate surface area is 162 Å². The Kier molecular flexibility index (Phi) is 7.20. The molecule has 0 radical (unpaired) electrons. The first-order valence-corrected chi connectivity index (χ1v) is 9.27. The molecule has 0 unspecified atom stereocenters. The number of benzene rings is 1. The van der Waals surface area contributed by atoms with Crippen LogP contribution in [-0.2, 0) is 12.7 Å². The van der Waals surface area contributed by atoms with Gasteiger partial charge in [-0.1, -0.05) is 25.1 Å². The summed E-state index contributed by atoms with van der Waals surface area (Å²) in [4.78, 5) is 27.7. The van der Waals surface area contributed by atoms with E-state index in [2.05, 4.69) is 14.0 Å². The van der Waals surface area contributed by atoms with E-state index >= 15 is 0 Å². The van der Waals surface area contributed by atoms with Crippen LogP contribution in [0.4, 0.5) is 5.69 Å². The lowest BCUT2D eigenvalue weighted by molar-refractivity contribution is -0.131. The zero-order valence-corrected chi connectivity index (χ0v) is 16.4. The van der Waals surface area contributed by atoms with Crippen LogP contribution in [-0.4, -0.2) is 41.9 Å². The van der Waals surface area contributed by atoms with Crippen molar-refractivity contribution in [3.05, 3.63) is 30.3 Å². The molecular formula is C18H22IN3O3. The Morgan fingerprint density at radius 1 is 1.32 bits per heavy atom. The summed E-state index contributed by atoms with van der Waals surface area (Å²) in [7, 11) is 0. The monoisotopic (exact) mass is 455 g/mol. The summed E-state index contributed by atoms with van der Waals surface area (Å²) in [6, 6.07) is 11.8. The van der Waals surface area contributed by atoms with Crippen LogP contribution in [0, 0.1) is 11.3 Å². The van der Waals surface area contributed by atoms with Crippen LogP contribution >= 0.6 is 23.0 Å². The number of halogens is 1. The molecule has 0 aromatic heterocycles. The molecule has 1 aliphatic rings. The molecule has 0 aliphatic carbocycles. The predicted molar refractivity (Wildman–Crippen MR) is 103 cm³/mol. The minimum atomic E-state index is -0.839. The van der Waals surface area contributed by atoms with Crippen molar-refractivity contribution < 1.29 is 12.7 Å². The average molecular weight is 455 g/mol. The molecule has 1 fully saturated rings. The maximum absolute atomic E-state index is 12.6. The molecule has 0 atom stereocenters. The normalized spacial score (nSPS) is 16.7. The number of carbonyl (C=O) groups is 2. The van der Waals surface area contributed by atoms with Crippen molar-refractivity contribution in [1.82, 2.24) is 4.90 Å². The summed E-state index contributed by atoms with van der Waals surface area (Å²) < 4.78 is 4.64.